The Hall–Kier alpha value is -0.990. The van der Waals surface area contributed by atoms with Crippen LogP contribution in [-0.2, 0) is 4.79 Å². The molecule has 0 saturated carbocycles. The Labute approximate surface area is 67.3 Å². The molecule has 0 spiro atoms. The van der Waals surface area contributed by atoms with Gasteiger partial charge in [0.25, 0.3) is 0 Å². The molecule has 0 aromatic rings. The Bertz CT molecular complexity index is 155. The van der Waals surface area contributed by atoms with Crippen LogP contribution in [0, 0.1) is 0 Å². The van der Waals surface area contributed by atoms with Crippen molar-refractivity contribution in [3.8, 4) is 0 Å². The van der Waals surface area contributed by atoms with E-state index in [2.05, 4.69) is 0 Å². The molecule has 0 unspecified atom stereocenters. The van der Waals surface area contributed by atoms with Gasteiger partial charge in [0.2, 0.25) is 5.91 Å². The van der Waals surface area contributed by atoms with Crippen LogP contribution >= 0.6 is 0 Å². The molecule has 0 aliphatic rings. The van der Waals surface area contributed by atoms with Crippen LogP contribution in [0.1, 0.15) is 20.8 Å². The summed E-state index contributed by atoms with van der Waals surface area (Å²) in [7, 11) is 0. The number of carbonyl (C=O) groups excluding carboxylic acids is 1. The van der Waals surface area contributed by atoms with Gasteiger partial charge in [-0.1, -0.05) is 0 Å². The van der Waals surface area contributed by atoms with E-state index in [9.17, 15) is 4.79 Å². The molecule has 0 aromatic carbocycles. The lowest BCUT2D eigenvalue weighted by molar-refractivity contribution is -0.125. The van der Waals surface area contributed by atoms with E-state index >= 15 is 0 Å². The fourth-order valence-electron chi connectivity index (χ4n) is 0.805. The van der Waals surface area contributed by atoms with E-state index in [1.165, 1.54) is 13.0 Å². The highest BCUT2D eigenvalue weighted by Gasteiger charge is 2.05. The van der Waals surface area contributed by atoms with Gasteiger partial charge < -0.3 is 10.0 Å². The van der Waals surface area contributed by atoms with Gasteiger partial charge in [0.15, 0.2) is 0 Å². The van der Waals surface area contributed by atoms with Crippen molar-refractivity contribution in [3.05, 3.63) is 11.8 Å². The summed E-state index contributed by atoms with van der Waals surface area (Å²) >= 11 is 0. The van der Waals surface area contributed by atoms with E-state index in [1.807, 2.05) is 13.8 Å². The van der Waals surface area contributed by atoms with Crippen LogP contribution in [0.3, 0.4) is 0 Å². The SMILES string of the molecule is CCN(CC)C(=O)/C=C(/C)O. The molecule has 3 nitrogen and oxygen atoms in total. The van der Waals surface area contributed by atoms with Gasteiger partial charge >= 0.3 is 0 Å². The number of allylic oxidation sites excluding steroid dienone is 1. The molecular weight excluding hydrogens is 142 g/mol. The molecule has 0 fully saturated rings. The number of likely N-dealkylation sites (N-methyl/N-ethyl adjacent to an activating group) is 1. The highest BCUT2D eigenvalue weighted by molar-refractivity contribution is 5.87. The molecule has 0 bridgehead atoms. The number of hydrogen-bond donors (Lipinski definition) is 1. The van der Waals surface area contributed by atoms with Crippen molar-refractivity contribution < 1.29 is 9.90 Å². The summed E-state index contributed by atoms with van der Waals surface area (Å²) in [4.78, 5) is 12.7. The van der Waals surface area contributed by atoms with Crippen molar-refractivity contribution in [1.29, 1.82) is 0 Å². The first-order valence-corrected chi connectivity index (χ1v) is 3.78. The predicted molar refractivity (Wildman–Crippen MR) is 44.3 cm³/mol. The van der Waals surface area contributed by atoms with Crippen LogP contribution in [0.5, 0.6) is 0 Å². The summed E-state index contributed by atoms with van der Waals surface area (Å²) in [5, 5.41) is 8.78. The van der Waals surface area contributed by atoms with Crippen LogP contribution in [0.25, 0.3) is 0 Å². The molecule has 0 aliphatic heterocycles. The first-order chi connectivity index (χ1) is 5.11. The maximum absolute atomic E-state index is 11.1. The summed E-state index contributed by atoms with van der Waals surface area (Å²) < 4.78 is 0. The second-order valence-electron chi connectivity index (χ2n) is 2.30. The zero-order valence-corrected chi connectivity index (χ0v) is 7.29. The highest BCUT2D eigenvalue weighted by Crippen LogP contribution is 1.93. The third-order valence-corrected chi connectivity index (χ3v) is 1.41. The van der Waals surface area contributed by atoms with Gasteiger partial charge in [-0.05, 0) is 20.8 Å². The molecule has 0 aliphatic carbocycles. The molecule has 0 radical (unpaired) electrons. The average molecular weight is 157 g/mol. The molecule has 0 saturated heterocycles. The van der Waals surface area contributed by atoms with Crippen molar-refractivity contribution in [2.24, 2.45) is 0 Å². The lowest BCUT2D eigenvalue weighted by Gasteiger charge is -2.15. The normalized spacial score (nSPS) is 11.4. The fraction of sp³-hybridized carbons (Fsp3) is 0.625. The van der Waals surface area contributed by atoms with E-state index in [4.69, 9.17) is 5.11 Å². The summed E-state index contributed by atoms with van der Waals surface area (Å²) in [6, 6.07) is 0. The topological polar surface area (TPSA) is 40.5 Å². The van der Waals surface area contributed by atoms with Crippen molar-refractivity contribution in [1.82, 2.24) is 4.90 Å². The number of hydrogen-bond acceptors (Lipinski definition) is 2. The quantitative estimate of drug-likeness (QED) is 0.495. The molecular formula is C8H15NO2. The smallest absolute Gasteiger partial charge is 0.249 e. The van der Waals surface area contributed by atoms with Gasteiger partial charge in [0.1, 0.15) is 0 Å². The minimum Gasteiger partial charge on any atom is -0.512 e. The minimum absolute atomic E-state index is 0.0573. The maximum atomic E-state index is 11.1. The highest BCUT2D eigenvalue weighted by atomic mass is 16.3. The Kier molecular flexibility index (Phi) is 4.34. The minimum atomic E-state index is -0.130. The Morgan fingerprint density at radius 1 is 1.45 bits per heavy atom. The zero-order valence-electron chi connectivity index (χ0n) is 7.29. The van der Waals surface area contributed by atoms with Crippen molar-refractivity contribution in [2.75, 3.05) is 13.1 Å². The van der Waals surface area contributed by atoms with Gasteiger partial charge in [-0.25, -0.2) is 0 Å². The van der Waals surface area contributed by atoms with E-state index in [1.54, 1.807) is 4.90 Å². The molecule has 11 heavy (non-hydrogen) atoms. The molecule has 0 rings (SSSR count). The van der Waals surface area contributed by atoms with Gasteiger partial charge in [-0.15, -0.1) is 0 Å². The van der Waals surface area contributed by atoms with Gasteiger partial charge in [-0.3, -0.25) is 4.79 Å². The first-order valence-electron chi connectivity index (χ1n) is 3.78. The second-order valence-corrected chi connectivity index (χ2v) is 2.30. The molecule has 3 heteroatoms. The van der Waals surface area contributed by atoms with Crippen LogP contribution in [0.15, 0.2) is 11.8 Å². The molecule has 0 aromatic heterocycles. The number of amides is 1. The fourth-order valence-corrected chi connectivity index (χ4v) is 0.805. The molecule has 1 N–H and O–H groups in total. The zero-order chi connectivity index (χ0) is 8.85. The molecule has 0 atom stereocenters. The lowest BCUT2D eigenvalue weighted by atomic mass is 10.4. The lowest BCUT2D eigenvalue weighted by Crippen LogP contribution is -2.28. The van der Waals surface area contributed by atoms with E-state index in [-0.39, 0.29) is 11.7 Å². The molecule has 64 valence electrons. The summed E-state index contributed by atoms with van der Waals surface area (Å²) in [5.41, 5.74) is 0. The largest absolute Gasteiger partial charge is 0.512 e. The van der Waals surface area contributed by atoms with Crippen LogP contribution in [-0.4, -0.2) is 29.0 Å². The predicted octanol–water partition coefficient (Wildman–Crippen LogP) is 1.32. The number of carbonyl (C=O) groups is 1. The van der Waals surface area contributed by atoms with Crippen LogP contribution in [0.4, 0.5) is 0 Å². The van der Waals surface area contributed by atoms with Gasteiger partial charge in [-0.2, -0.15) is 0 Å². The first kappa shape index (κ1) is 10.0. The van der Waals surface area contributed by atoms with Crippen molar-refractivity contribution >= 4 is 5.91 Å². The summed E-state index contributed by atoms with van der Waals surface area (Å²) in [5.74, 6) is -0.0723. The summed E-state index contributed by atoms with van der Waals surface area (Å²) in [6.07, 6.45) is 1.23. The Morgan fingerprint density at radius 2 is 1.91 bits per heavy atom. The number of rotatable bonds is 3. The van der Waals surface area contributed by atoms with Crippen LogP contribution < -0.4 is 0 Å². The van der Waals surface area contributed by atoms with E-state index in [0.717, 1.165) is 0 Å². The number of aliphatic hydroxyl groups is 1. The monoisotopic (exact) mass is 157 g/mol. The molecule has 0 heterocycles. The number of nitrogens with zero attached hydrogens (tertiary/aromatic N) is 1. The van der Waals surface area contributed by atoms with Gasteiger partial charge in [0, 0.05) is 19.2 Å². The van der Waals surface area contributed by atoms with Crippen molar-refractivity contribution in [3.63, 3.8) is 0 Å². The number of aliphatic hydroxyl groups excluding tert-OH is 1. The standard InChI is InChI=1S/C8H15NO2/c1-4-9(5-2)8(11)6-7(3)10/h6,10H,4-5H2,1-3H3/b7-6-. The maximum Gasteiger partial charge on any atom is 0.249 e. The van der Waals surface area contributed by atoms with Crippen molar-refractivity contribution in [2.45, 2.75) is 20.8 Å². The third-order valence-electron chi connectivity index (χ3n) is 1.41. The Morgan fingerprint density at radius 3 is 2.18 bits per heavy atom. The average Bonchev–Trinajstić information content (AvgIpc) is 1.88. The second kappa shape index (κ2) is 4.77. The summed E-state index contributed by atoms with van der Waals surface area (Å²) in [6.45, 7) is 6.66. The van der Waals surface area contributed by atoms with E-state index < -0.39 is 0 Å². The Balaban J connectivity index is 4.11. The van der Waals surface area contributed by atoms with Gasteiger partial charge in [0.05, 0.1) is 5.76 Å². The third kappa shape index (κ3) is 3.65. The van der Waals surface area contributed by atoms with E-state index in [0.29, 0.717) is 13.1 Å². The molecule has 1 amide bonds. The van der Waals surface area contributed by atoms with Crippen LogP contribution in [0.2, 0.25) is 0 Å².